The Balaban J connectivity index is 1.79. The van der Waals surface area contributed by atoms with Gasteiger partial charge < -0.3 is 10.5 Å². The maximum absolute atomic E-state index is 5.88. The van der Waals surface area contributed by atoms with Crippen molar-refractivity contribution in [3.63, 3.8) is 0 Å². The van der Waals surface area contributed by atoms with Crippen LogP contribution in [0.1, 0.15) is 5.69 Å². The molecule has 0 amide bonds. The van der Waals surface area contributed by atoms with E-state index in [1.54, 1.807) is 0 Å². The lowest BCUT2D eigenvalue weighted by molar-refractivity contribution is 0.0383. The van der Waals surface area contributed by atoms with E-state index in [-0.39, 0.29) is 0 Å². The first-order chi connectivity index (χ1) is 9.25. The molecular formula is C12H16BrN5O. The molecule has 0 spiro atoms. The van der Waals surface area contributed by atoms with Gasteiger partial charge in [-0.05, 0) is 22.0 Å². The van der Waals surface area contributed by atoms with Gasteiger partial charge in [-0.1, -0.05) is 0 Å². The van der Waals surface area contributed by atoms with Crippen LogP contribution in [0.4, 0.5) is 5.82 Å². The first-order valence-electron chi connectivity index (χ1n) is 6.32. The Hall–Kier alpha value is -1.18. The molecule has 1 aliphatic heterocycles. The highest BCUT2D eigenvalue weighted by molar-refractivity contribution is 9.10. The number of fused-ring (bicyclic) bond motifs is 1. The maximum atomic E-state index is 5.88. The quantitative estimate of drug-likeness (QED) is 0.909. The van der Waals surface area contributed by atoms with Crippen molar-refractivity contribution in [3.8, 4) is 0 Å². The molecule has 1 saturated heterocycles. The third-order valence-corrected chi connectivity index (χ3v) is 4.00. The topological polar surface area (TPSA) is 68.7 Å². The molecule has 2 N–H and O–H groups in total. The number of halogens is 1. The van der Waals surface area contributed by atoms with E-state index >= 15 is 0 Å². The van der Waals surface area contributed by atoms with Gasteiger partial charge in [-0.15, -0.1) is 0 Å². The minimum Gasteiger partial charge on any atom is -0.382 e. The smallest absolute Gasteiger partial charge is 0.152 e. The highest BCUT2D eigenvalue weighted by Crippen LogP contribution is 2.25. The van der Waals surface area contributed by atoms with Crippen LogP contribution in [0.15, 0.2) is 16.9 Å². The van der Waals surface area contributed by atoms with Crippen molar-refractivity contribution in [1.82, 2.24) is 19.5 Å². The molecule has 1 aliphatic rings. The molecule has 0 radical (unpaired) electrons. The van der Waals surface area contributed by atoms with Crippen LogP contribution in [0, 0.1) is 0 Å². The minimum absolute atomic E-state index is 0.500. The molecular weight excluding hydrogens is 310 g/mol. The fourth-order valence-corrected chi connectivity index (χ4v) is 2.99. The van der Waals surface area contributed by atoms with Crippen LogP contribution in [0.2, 0.25) is 0 Å². The minimum atomic E-state index is 0.500. The zero-order valence-corrected chi connectivity index (χ0v) is 12.1. The van der Waals surface area contributed by atoms with E-state index in [2.05, 4.69) is 37.0 Å². The Bertz CT molecular complexity index is 579. The first kappa shape index (κ1) is 12.8. The Morgan fingerprint density at radius 1 is 1.37 bits per heavy atom. The molecule has 2 aromatic rings. The number of aromatic nitrogens is 3. The molecule has 2 aromatic heterocycles. The molecule has 6 nitrogen and oxygen atoms in total. The molecule has 0 bridgehead atoms. The molecule has 3 rings (SSSR count). The lowest BCUT2D eigenvalue weighted by atomic mass is 10.3. The average Bonchev–Trinajstić information content (AvgIpc) is 2.76. The number of anilines is 1. The van der Waals surface area contributed by atoms with E-state index in [0.717, 1.165) is 55.0 Å². The number of ether oxygens (including phenoxy) is 1. The molecule has 1 fully saturated rings. The highest BCUT2D eigenvalue weighted by atomic mass is 79.9. The van der Waals surface area contributed by atoms with Crippen LogP contribution in [-0.4, -0.2) is 52.3 Å². The summed E-state index contributed by atoms with van der Waals surface area (Å²) in [5.74, 6) is 0.500. The van der Waals surface area contributed by atoms with Crippen LogP contribution in [0.25, 0.3) is 5.52 Å². The third-order valence-electron chi connectivity index (χ3n) is 3.40. The van der Waals surface area contributed by atoms with E-state index in [9.17, 15) is 0 Å². The zero-order valence-electron chi connectivity index (χ0n) is 10.5. The standard InChI is InChI=1S/C12H16BrN5O/c13-10-7-9(1-2-17-3-5-19-6-4-17)18-11(10)12(14)15-8-16-18/h7-8H,1-6H2,(H2,14,15,16). The lowest BCUT2D eigenvalue weighted by Crippen LogP contribution is -2.37. The van der Waals surface area contributed by atoms with Gasteiger partial charge >= 0.3 is 0 Å². The number of nitrogen functional groups attached to an aromatic ring is 1. The summed E-state index contributed by atoms with van der Waals surface area (Å²) in [6.45, 7) is 4.66. The second-order valence-electron chi connectivity index (χ2n) is 4.59. The van der Waals surface area contributed by atoms with Gasteiger partial charge in [0.2, 0.25) is 0 Å². The molecule has 0 saturated carbocycles. The number of morpholine rings is 1. The van der Waals surface area contributed by atoms with Crippen molar-refractivity contribution in [2.24, 2.45) is 0 Å². The van der Waals surface area contributed by atoms with Gasteiger partial charge in [-0.25, -0.2) is 9.50 Å². The van der Waals surface area contributed by atoms with Crippen molar-refractivity contribution in [2.75, 3.05) is 38.6 Å². The number of nitrogens with two attached hydrogens (primary N) is 1. The summed E-state index contributed by atoms with van der Waals surface area (Å²) in [4.78, 5) is 6.42. The second kappa shape index (κ2) is 5.44. The molecule has 102 valence electrons. The van der Waals surface area contributed by atoms with Crippen molar-refractivity contribution in [3.05, 3.63) is 22.6 Å². The molecule has 0 atom stereocenters. The van der Waals surface area contributed by atoms with Crippen LogP contribution < -0.4 is 5.73 Å². The second-order valence-corrected chi connectivity index (χ2v) is 5.45. The summed E-state index contributed by atoms with van der Waals surface area (Å²) >= 11 is 3.52. The maximum Gasteiger partial charge on any atom is 0.152 e. The van der Waals surface area contributed by atoms with Crippen molar-refractivity contribution in [1.29, 1.82) is 0 Å². The van der Waals surface area contributed by atoms with Gasteiger partial charge in [-0.3, -0.25) is 4.90 Å². The SMILES string of the molecule is Nc1ncnn2c(CCN3CCOCC3)cc(Br)c12. The predicted octanol–water partition coefficient (Wildman–Crippen LogP) is 0.949. The Labute approximate surface area is 119 Å². The largest absolute Gasteiger partial charge is 0.382 e. The molecule has 7 heteroatoms. The first-order valence-corrected chi connectivity index (χ1v) is 7.11. The van der Waals surface area contributed by atoms with Crippen LogP contribution in [0.5, 0.6) is 0 Å². The summed E-state index contributed by atoms with van der Waals surface area (Å²) in [6, 6.07) is 2.07. The van der Waals surface area contributed by atoms with Crippen molar-refractivity contribution >= 4 is 27.3 Å². The van der Waals surface area contributed by atoms with Gasteiger partial charge in [0.15, 0.2) is 5.82 Å². The highest BCUT2D eigenvalue weighted by Gasteiger charge is 2.14. The molecule has 0 unspecified atom stereocenters. The van der Waals surface area contributed by atoms with Gasteiger partial charge in [0.25, 0.3) is 0 Å². The molecule has 19 heavy (non-hydrogen) atoms. The van der Waals surface area contributed by atoms with Gasteiger partial charge in [-0.2, -0.15) is 5.10 Å². The van der Waals surface area contributed by atoms with E-state index < -0.39 is 0 Å². The van der Waals surface area contributed by atoms with E-state index in [1.807, 2.05) is 4.52 Å². The molecule has 3 heterocycles. The van der Waals surface area contributed by atoms with Crippen molar-refractivity contribution in [2.45, 2.75) is 6.42 Å². The third kappa shape index (κ3) is 2.58. The summed E-state index contributed by atoms with van der Waals surface area (Å²) in [5, 5.41) is 4.28. The van der Waals surface area contributed by atoms with E-state index in [4.69, 9.17) is 10.5 Å². The Kier molecular flexibility index (Phi) is 3.67. The average molecular weight is 326 g/mol. The lowest BCUT2D eigenvalue weighted by Gasteiger charge is -2.26. The summed E-state index contributed by atoms with van der Waals surface area (Å²) in [5.41, 5.74) is 7.87. The fraction of sp³-hybridized carbons (Fsp3) is 0.500. The molecule has 0 aliphatic carbocycles. The Morgan fingerprint density at radius 2 is 2.16 bits per heavy atom. The van der Waals surface area contributed by atoms with E-state index in [1.165, 1.54) is 6.33 Å². The fourth-order valence-electron chi connectivity index (χ4n) is 2.36. The predicted molar refractivity (Wildman–Crippen MR) is 76.1 cm³/mol. The number of hydrogen-bond acceptors (Lipinski definition) is 5. The Morgan fingerprint density at radius 3 is 2.95 bits per heavy atom. The summed E-state index contributed by atoms with van der Waals surface area (Å²) < 4.78 is 8.17. The zero-order chi connectivity index (χ0) is 13.2. The van der Waals surface area contributed by atoms with Crippen LogP contribution in [0.3, 0.4) is 0 Å². The number of nitrogens with zero attached hydrogens (tertiary/aromatic N) is 4. The monoisotopic (exact) mass is 325 g/mol. The van der Waals surface area contributed by atoms with Crippen molar-refractivity contribution < 1.29 is 4.74 Å². The van der Waals surface area contributed by atoms with Crippen LogP contribution >= 0.6 is 15.9 Å². The normalized spacial score (nSPS) is 17.1. The van der Waals surface area contributed by atoms with Crippen LogP contribution in [-0.2, 0) is 11.2 Å². The number of hydrogen-bond donors (Lipinski definition) is 1. The molecule has 0 aromatic carbocycles. The van der Waals surface area contributed by atoms with Gasteiger partial charge in [0.1, 0.15) is 11.8 Å². The number of rotatable bonds is 3. The van der Waals surface area contributed by atoms with Gasteiger partial charge in [0, 0.05) is 36.2 Å². The summed E-state index contributed by atoms with van der Waals surface area (Å²) in [6.07, 6.45) is 2.43. The summed E-state index contributed by atoms with van der Waals surface area (Å²) in [7, 11) is 0. The van der Waals surface area contributed by atoms with E-state index in [0.29, 0.717) is 5.82 Å². The van der Waals surface area contributed by atoms with Gasteiger partial charge in [0.05, 0.1) is 13.2 Å².